The third kappa shape index (κ3) is 4.93. The lowest BCUT2D eigenvalue weighted by molar-refractivity contribution is -0.134. The molecule has 3 rings (SSSR count). The first kappa shape index (κ1) is 22.5. The second kappa shape index (κ2) is 9.73. The van der Waals surface area contributed by atoms with Gasteiger partial charge in [0.1, 0.15) is 17.9 Å². The first-order valence-electron chi connectivity index (χ1n) is 10.7. The minimum absolute atomic E-state index is 0.372. The van der Waals surface area contributed by atoms with Crippen LogP contribution in [0.5, 0.6) is 0 Å². The van der Waals surface area contributed by atoms with Gasteiger partial charge >= 0.3 is 6.03 Å². The fourth-order valence-corrected chi connectivity index (χ4v) is 3.84. The number of aryl methyl sites for hydroxylation is 1. The Hall–Kier alpha value is -3.22. The van der Waals surface area contributed by atoms with Crippen LogP contribution in [0.2, 0.25) is 0 Å². The van der Waals surface area contributed by atoms with Crippen LogP contribution in [-0.2, 0) is 21.5 Å². The summed E-state index contributed by atoms with van der Waals surface area (Å²) >= 11 is 0. The lowest BCUT2D eigenvalue weighted by Gasteiger charge is -2.27. The predicted molar refractivity (Wildman–Crippen MR) is 117 cm³/mol. The van der Waals surface area contributed by atoms with Gasteiger partial charge in [-0.05, 0) is 48.2 Å². The van der Waals surface area contributed by atoms with Gasteiger partial charge in [-0.15, -0.1) is 0 Å². The van der Waals surface area contributed by atoms with Crippen LogP contribution >= 0.6 is 0 Å². The number of hydrogen-bond donors (Lipinski definition) is 2. The summed E-state index contributed by atoms with van der Waals surface area (Å²) in [6, 6.07) is 12.4. The number of hydrogen-bond acceptors (Lipinski definition) is 3. The highest BCUT2D eigenvalue weighted by molar-refractivity contribution is 6.10. The molecule has 7 heteroatoms. The van der Waals surface area contributed by atoms with Gasteiger partial charge in [0.2, 0.25) is 5.91 Å². The zero-order chi connectivity index (χ0) is 22.4. The lowest BCUT2D eigenvalue weighted by Crippen LogP contribution is -2.44. The molecule has 2 aromatic carbocycles. The number of anilines is 1. The SMILES string of the molecule is CCCCC1(c2ccc(F)cc2)NC(=O)N(CC(=O)Nc2ccc(CCC)cc2)C1=O. The summed E-state index contributed by atoms with van der Waals surface area (Å²) in [4.78, 5) is 39.4. The van der Waals surface area contributed by atoms with Crippen LogP contribution in [0.4, 0.5) is 14.9 Å². The van der Waals surface area contributed by atoms with Crippen molar-refractivity contribution in [1.82, 2.24) is 10.2 Å². The smallest absolute Gasteiger partial charge is 0.325 e. The quantitative estimate of drug-likeness (QED) is 0.586. The van der Waals surface area contributed by atoms with Crippen molar-refractivity contribution in [2.75, 3.05) is 11.9 Å². The van der Waals surface area contributed by atoms with Crippen molar-refractivity contribution in [3.63, 3.8) is 0 Å². The van der Waals surface area contributed by atoms with E-state index in [9.17, 15) is 18.8 Å². The zero-order valence-electron chi connectivity index (χ0n) is 17.9. The van der Waals surface area contributed by atoms with E-state index in [0.29, 0.717) is 24.1 Å². The Balaban J connectivity index is 1.75. The molecule has 1 unspecified atom stereocenters. The summed E-state index contributed by atoms with van der Waals surface area (Å²) in [5, 5.41) is 5.50. The highest BCUT2D eigenvalue weighted by atomic mass is 19.1. The standard InChI is InChI=1S/C24H28FN3O3/c1-3-5-15-24(18-9-11-19(25)12-10-18)22(30)28(23(31)27-24)16-21(29)26-20-13-7-17(6-4-2)8-14-20/h7-14H,3-6,15-16H2,1-2H3,(H,26,29)(H,27,31). The van der Waals surface area contributed by atoms with Gasteiger partial charge in [-0.3, -0.25) is 14.5 Å². The average Bonchev–Trinajstić information content (AvgIpc) is 2.99. The number of benzene rings is 2. The minimum atomic E-state index is -1.29. The van der Waals surface area contributed by atoms with E-state index < -0.39 is 35.7 Å². The molecule has 0 radical (unpaired) electrons. The third-order valence-corrected chi connectivity index (χ3v) is 5.50. The van der Waals surface area contributed by atoms with Gasteiger partial charge in [0.15, 0.2) is 0 Å². The van der Waals surface area contributed by atoms with E-state index in [4.69, 9.17) is 0 Å². The molecule has 1 saturated heterocycles. The maximum Gasteiger partial charge on any atom is 0.325 e. The number of carbonyl (C=O) groups is 3. The van der Waals surface area contributed by atoms with Crippen LogP contribution in [0.25, 0.3) is 0 Å². The second-order valence-electron chi connectivity index (χ2n) is 7.83. The largest absolute Gasteiger partial charge is 0.325 e. The number of rotatable bonds is 9. The van der Waals surface area contributed by atoms with Crippen LogP contribution in [-0.4, -0.2) is 29.3 Å². The molecule has 0 aromatic heterocycles. The van der Waals surface area contributed by atoms with Gasteiger partial charge < -0.3 is 10.6 Å². The lowest BCUT2D eigenvalue weighted by atomic mass is 9.85. The van der Waals surface area contributed by atoms with E-state index in [0.717, 1.165) is 24.2 Å². The predicted octanol–water partition coefficient (Wildman–Crippen LogP) is 4.35. The van der Waals surface area contributed by atoms with E-state index in [1.54, 1.807) is 12.1 Å². The van der Waals surface area contributed by atoms with Crippen LogP contribution < -0.4 is 10.6 Å². The van der Waals surface area contributed by atoms with Crippen molar-refractivity contribution in [2.45, 2.75) is 51.5 Å². The van der Waals surface area contributed by atoms with Crippen molar-refractivity contribution >= 4 is 23.5 Å². The Morgan fingerprint density at radius 3 is 2.32 bits per heavy atom. The number of urea groups is 1. The monoisotopic (exact) mass is 425 g/mol. The number of imide groups is 1. The number of nitrogens with zero attached hydrogens (tertiary/aromatic N) is 1. The molecule has 0 spiro atoms. The Labute approximate surface area is 181 Å². The summed E-state index contributed by atoms with van der Waals surface area (Å²) in [7, 11) is 0. The summed E-state index contributed by atoms with van der Waals surface area (Å²) in [6.45, 7) is 3.69. The van der Waals surface area contributed by atoms with E-state index in [2.05, 4.69) is 17.6 Å². The molecule has 2 aromatic rings. The van der Waals surface area contributed by atoms with Crippen molar-refractivity contribution in [1.29, 1.82) is 0 Å². The molecule has 4 amide bonds. The molecule has 2 N–H and O–H groups in total. The Morgan fingerprint density at radius 1 is 1.03 bits per heavy atom. The summed E-state index contributed by atoms with van der Waals surface area (Å²) in [6.07, 6.45) is 3.87. The van der Waals surface area contributed by atoms with Gasteiger partial charge in [-0.1, -0.05) is 57.4 Å². The summed E-state index contributed by atoms with van der Waals surface area (Å²) < 4.78 is 13.4. The summed E-state index contributed by atoms with van der Waals surface area (Å²) in [5.74, 6) is -1.38. The number of amides is 4. The van der Waals surface area contributed by atoms with Gasteiger partial charge in [0.25, 0.3) is 5.91 Å². The van der Waals surface area contributed by atoms with E-state index in [1.165, 1.54) is 29.8 Å². The van der Waals surface area contributed by atoms with E-state index >= 15 is 0 Å². The fraction of sp³-hybridized carbons (Fsp3) is 0.375. The Morgan fingerprint density at radius 2 is 1.71 bits per heavy atom. The van der Waals surface area contributed by atoms with Crippen molar-refractivity contribution in [3.8, 4) is 0 Å². The molecule has 31 heavy (non-hydrogen) atoms. The molecule has 6 nitrogen and oxygen atoms in total. The number of carbonyl (C=O) groups excluding carboxylic acids is 3. The number of unbranched alkanes of at least 4 members (excludes halogenated alkanes) is 1. The Kier molecular flexibility index (Phi) is 7.05. The van der Waals surface area contributed by atoms with Crippen LogP contribution in [0.1, 0.15) is 50.7 Å². The molecule has 1 aliphatic heterocycles. The molecular weight excluding hydrogens is 397 g/mol. The third-order valence-electron chi connectivity index (χ3n) is 5.50. The maximum atomic E-state index is 13.4. The molecule has 0 aliphatic carbocycles. The molecule has 1 fully saturated rings. The average molecular weight is 426 g/mol. The second-order valence-corrected chi connectivity index (χ2v) is 7.83. The minimum Gasteiger partial charge on any atom is -0.325 e. The van der Waals surface area contributed by atoms with Crippen LogP contribution in [0.3, 0.4) is 0 Å². The number of halogens is 1. The van der Waals surface area contributed by atoms with Crippen LogP contribution in [0.15, 0.2) is 48.5 Å². The van der Waals surface area contributed by atoms with Crippen molar-refractivity contribution in [2.24, 2.45) is 0 Å². The number of nitrogens with one attached hydrogen (secondary N) is 2. The van der Waals surface area contributed by atoms with Gasteiger partial charge in [0, 0.05) is 5.69 Å². The molecule has 0 bridgehead atoms. The molecule has 1 atom stereocenters. The Bertz CT molecular complexity index is 944. The van der Waals surface area contributed by atoms with E-state index in [-0.39, 0.29) is 0 Å². The highest BCUT2D eigenvalue weighted by Gasteiger charge is 2.52. The molecule has 164 valence electrons. The highest BCUT2D eigenvalue weighted by Crippen LogP contribution is 2.34. The maximum absolute atomic E-state index is 13.4. The molecule has 0 saturated carbocycles. The first-order chi connectivity index (χ1) is 14.9. The molecular formula is C24H28FN3O3. The fourth-order valence-electron chi connectivity index (χ4n) is 3.84. The first-order valence-corrected chi connectivity index (χ1v) is 10.7. The van der Waals surface area contributed by atoms with Crippen molar-refractivity contribution < 1.29 is 18.8 Å². The summed E-state index contributed by atoms with van der Waals surface area (Å²) in [5.41, 5.74) is 1.00. The van der Waals surface area contributed by atoms with Crippen molar-refractivity contribution in [3.05, 3.63) is 65.5 Å². The molecule has 1 aliphatic rings. The van der Waals surface area contributed by atoms with Gasteiger partial charge in [0.05, 0.1) is 0 Å². The van der Waals surface area contributed by atoms with Crippen LogP contribution in [0, 0.1) is 5.82 Å². The van der Waals surface area contributed by atoms with Gasteiger partial charge in [-0.25, -0.2) is 9.18 Å². The van der Waals surface area contributed by atoms with E-state index in [1.807, 2.05) is 19.1 Å². The van der Waals surface area contributed by atoms with Gasteiger partial charge in [-0.2, -0.15) is 0 Å². The normalized spacial score (nSPS) is 18.2. The molecule has 1 heterocycles. The topological polar surface area (TPSA) is 78.5 Å². The zero-order valence-corrected chi connectivity index (χ0v) is 17.9.